The Bertz CT molecular complexity index is 2560. The van der Waals surface area contributed by atoms with E-state index in [-0.39, 0.29) is 59.8 Å². The highest BCUT2D eigenvalue weighted by molar-refractivity contribution is 5.96. The zero-order valence-corrected chi connectivity index (χ0v) is 41.6. The van der Waals surface area contributed by atoms with Crippen LogP contribution in [0, 0.1) is 0 Å². The zero-order chi connectivity index (χ0) is 54.5. The Kier molecular flexibility index (Phi) is 22.8. The summed E-state index contributed by atoms with van der Waals surface area (Å²) in [5.41, 5.74) is 7.66. The maximum atomic E-state index is 14.4. The lowest BCUT2D eigenvalue weighted by atomic mass is 9.93. The van der Waals surface area contributed by atoms with E-state index in [1.54, 1.807) is 12.4 Å². The molecule has 19 nitrogen and oxygen atoms in total. The van der Waals surface area contributed by atoms with Gasteiger partial charge in [-0.3, -0.25) is 24.0 Å². The summed E-state index contributed by atoms with van der Waals surface area (Å²) in [5, 5.41) is 51.0. The van der Waals surface area contributed by atoms with E-state index >= 15 is 0 Å². The van der Waals surface area contributed by atoms with Crippen molar-refractivity contribution < 1.29 is 72.9 Å². The molecule has 0 saturated heterocycles. The summed E-state index contributed by atoms with van der Waals surface area (Å²) in [4.78, 5) is 98.8. The minimum absolute atomic E-state index is 0.0714. The largest absolute Gasteiger partial charge is 0.542 e. The fourth-order valence-electron chi connectivity index (χ4n) is 8.04. The number of aliphatic carboxylic acids is 2. The Morgan fingerprint density at radius 1 is 0.838 bits per heavy atom. The van der Waals surface area contributed by atoms with Crippen LogP contribution in [0.15, 0.2) is 73.1 Å². The molecule has 10 N–H and O–H groups in total. The summed E-state index contributed by atoms with van der Waals surface area (Å²) in [6, 6.07) is 11.5. The minimum Gasteiger partial charge on any atom is -0.542 e. The Morgan fingerprint density at radius 2 is 1.45 bits per heavy atom. The van der Waals surface area contributed by atoms with Crippen molar-refractivity contribution in [1.82, 2.24) is 36.1 Å². The van der Waals surface area contributed by atoms with E-state index in [0.717, 1.165) is 28.9 Å². The maximum absolute atomic E-state index is 14.4. The van der Waals surface area contributed by atoms with Crippen LogP contribution >= 0.6 is 0 Å². The number of hydrogen-bond acceptors (Lipinski definition) is 12. The molecule has 0 spiro atoms. The summed E-state index contributed by atoms with van der Waals surface area (Å²) in [5.74, 6) is -8.32. The number of unbranched alkanes of at least 4 members (excludes halogenated alkanes) is 7. The van der Waals surface area contributed by atoms with E-state index in [0.29, 0.717) is 24.9 Å². The number of rotatable bonds is 21. The number of nitrogens with zero attached hydrogens (tertiary/aromatic N) is 3. The van der Waals surface area contributed by atoms with Crippen LogP contribution < -0.4 is 32.1 Å². The van der Waals surface area contributed by atoms with E-state index in [2.05, 4.69) is 56.0 Å². The number of carboxylic acid groups (broad SMARTS) is 2. The van der Waals surface area contributed by atoms with Gasteiger partial charge in [-0.2, -0.15) is 13.2 Å². The van der Waals surface area contributed by atoms with Crippen LogP contribution in [0.25, 0.3) is 22.3 Å². The molecule has 5 rings (SSSR count). The fourth-order valence-corrected chi connectivity index (χ4v) is 8.04. The SMILES string of the molecule is CCCCCCCCCc1ccc(-c2cnc(C(=O)NCCC(=O)N[C@@H](CCCC[NH3+])C(=O)N(C)[C@@H]3C(=O)N[C@@H](C)C(=O)N[C@H](C(=O)O)Cc4ccc(O)c(c4)-c4cc3ccc4O)nc2)cc1.O=C([O-])C(F)(F)F. The van der Waals surface area contributed by atoms with Gasteiger partial charge >= 0.3 is 12.1 Å². The van der Waals surface area contributed by atoms with E-state index in [4.69, 9.17) is 9.90 Å². The smallest absolute Gasteiger partial charge is 0.430 e. The van der Waals surface area contributed by atoms with Gasteiger partial charge in [-0.25, -0.2) is 14.8 Å². The first-order chi connectivity index (χ1) is 35.1. The molecule has 3 aromatic carbocycles. The maximum Gasteiger partial charge on any atom is 0.430 e. The Morgan fingerprint density at radius 3 is 2.05 bits per heavy atom. The van der Waals surface area contributed by atoms with Crippen molar-refractivity contribution in [2.24, 2.45) is 0 Å². The van der Waals surface area contributed by atoms with Crippen molar-refractivity contribution in [3.63, 3.8) is 0 Å². The van der Waals surface area contributed by atoms with Gasteiger partial charge in [0.1, 0.15) is 41.6 Å². The van der Waals surface area contributed by atoms with Crippen LogP contribution in [-0.4, -0.2) is 116 Å². The van der Waals surface area contributed by atoms with Gasteiger partial charge in [0, 0.05) is 55.5 Å². The molecule has 0 unspecified atom stereocenters. The molecular weight excluding hydrogens is 970 g/mol. The quantitative estimate of drug-likeness (QED) is 0.0554. The first-order valence-electron chi connectivity index (χ1n) is 24.5. The lowest BCUT2D eigenvalue weighted by Gasteiger charge is -2.32. The first kappa shape index (κ1) is 58.9. The summed E-state index contributed by atoms with van der Waals surface area (Å²) >= 11 is 0. The predicted octanol–water partition coefficient (Wildman–Crippen LogP) is 3.66. The second-order valence-corrected chi connectivity index (χ2v) is 17.9. The van der Waals surface area contributed by atoms with Gasteiger partial charge in [0.25, 0.3) is 5.91 Å². The number of hydrogen-bond donors (Lipinski definition) is 8. The standard InChI is InChI=1S/C50H64N8O9.C2HF3O2/c1-4-5-6-7-8-9-10-13-32-15-18-34(19-16-32)36-29-53-45(54-30-36)48(64)52-25-23-43(61)56-39(14-11-12-24-51)49(65)58(3)44-35-20-22-42(60)38(28-35)37-26-33(17-21-41(37)59)27-40(50(66)67)57-46(62)31(2)55-47(44)63;3-2(4,5)1(6)7/h15-22,26,28-31,39-40,44,59-60H,4-14,23-25,27,51H2,1-3H3,(H,52,64)(H,55,63)(H,56,61)(H,57,62)(H,66,67);(H,6,7)/t31-,39-,40-,44-;/m0./s1. The summed E-state index contributed by atoms with van der Waals surface area (Å²) in [7, 11) is 1.37. The highest BCUT2D eigenvalue weighted by atomic mass is 19.4. The zero-order valence-electron chi connectivity index (χ0n) is 41.6. The number of quaternary nitrogens is 1. The molecule has 1 aliphatic heterocycles. The number of carbonyl (C=O) groups excluding carboxylic acids is 6. The second kappa shape index (κ2) is 28.6. The average Bonchev–Trinajstić information content (AvgIpc) is 3.36. The minimum atomic E-state index is -5.19. The van der Waals surface area contributed by atoms with Crippen LogP contribution in [0.1, 0.15) is 118 Å². The van der Waals surface area contributed by atoms with Crippen LogP contribution in [-0.2, 0) is 41.6 Å². The molecule has 0 saturated carbocycles. The lowest BCUT2D eigenvalue weighted by Crippen LogP contribution is -2.55. The van der Waals surface area contributed by atoms with Gasteiger partial charge in [0.2, 0.25) is 29.5 Å². The van der Waals surface area contributed by atoms with Gasteiger partial charge in [-0.1, -0.05) is 81.8 Å². The molecular formula is C52H65F3N8O11. The molecule has 4 aromatic rings. The normalized spacial score (nSPS) is 16.0. The number of carbonyl (C=O) groups is 7. The number of carboxylic acids is 2. The van der Waals surface area contributed by atoms with Crippen LogP contribution in [0.5, 0.6) is 11.5 Å². The summed E-state index contributed by atoms with van der Waals surface area (Å²) in [6.45, 7) is 4.07. The van der Waals surface area contributed by atoms with Crippen molar-refractivity contribution in [3.8, 4) is 33.8 Å². The van der Waals surface area contributed by atoms with Crippen LogP contribution in [0.3, 0.4) is 0 Å². The van der Waals surface area contributed by atoms with Crippen molar-refractivity contribution >= 4 is 41.5 Å². The fraction of sp³-hybridized carbons (Fsp3) is 0.442. The molecule has 0 fully saturated rings. The van der Waals surface area contributed by atoms with Gasteiger partial charge in [-0.05, 0) is 85.5 Å². The highest BCUT2D eigenvalue weighted by Crippen LogP contribution is 2.39. The first-order valence-corrected chi connectivity index (χ1v) is 24.5. The molecule has 0 radical (unpaired) electrons. The highest BCUT2D eigenvalue weighted by Gasteiger charge is 2.36. The van der Waals surface area contributed by atoms with Crippen molar-refractivity contribution in [2.45, 2.75) is 128 Å². The number of nitrogens with one attached hydrogen (secondary N) is 4. The van der Waals surface area contributed by atoms with Crippen molar-refractivity contribution in [2.75, 3.05) is 20.1 Å². The molecule has 4 atom stereocenters. The monoisotopic (exact) mass is 1030 g/mol. The second-order valence-electron chi connectivity index (χ2n) is 17.9. The summed E-state index contributed by atoms with van der Waals surface area (Å²) in [6.07, 6.45) is 8.75. The summed E-state index contributed by atoms with van der Waals surface area (Å²) < 4.78 is 31.5. The number of amides is 5. The average molecular weight is 1040 g/mol. The molecule has 1 aromatic heterocycles. The topological polar surface area (TPSA) is 308 Å². The number of halogens is 3. The predicted molar refractivity (Wildman–Crippen MR) is 262 cm³/mol. The lowest BCUT2D eigenvalue weighted by molar-refractivity contribution is -0.368. The van der Waals surface area contributed by atoms with Gasteiger partial charge in [0.15, 0.2) is 0 Å². The van der Waals surface area contributed by atoms with Crippen molar-refractivity contribution in [1.29, 1.82) is 0 Å². The van der Waals surface area contributed by atoms with E-state index in [9.17, 15) is 57.3 Å². The van der Waals surface area contributed by atoms with E-state index < -0.39 is 71.8 Å². The third-order valence-corrected chi connectivity index (χ3v) is 12.2. The molecule has 4 bridgehead atoms. The number of fused-ring (bicyclic) bond motifs is 5. The van der Waals surface area contributed by atoms with Crippen LogP contribution in [0.4, 0.5) is 13.2 Å². The molecule has 5 amide bonds. The number of aromatic nitrogens is 2. The van der Waals surface area contributed by atoms with Gasteiger partial charge < -0.3 is 57.1 Å². The molecule has 2 heterocycles. The third kappa shape index (κ3) is 17.8. The number of aromatic hydroxyl groups is 2. The number of benzene rings is 3. The molecule has 0 aliphatic carbocycles. The molecule has 1 aliphatic rings. The van der Waals surface area contributed by atoms with Crippen LogP contribution in [0.2, 0.25) is 0 Å². The van der Waals surface area contributed by atoms with Crippen molar-refractivity contribution in [3.05, 3.63) is 95.6 Å². The molecule has 22 heteroatoms. The molecule has 74 heavy (non-hydrogen) atoms. The number of aryl methyl sites for hydroxylation is 1. The number of phenols is 2. The van der Waals surface area contributed by atoms with E-state index in [1.165, 1.54) is 94.5 Å². The molecule has 400 valence electrons. The van der Waals surface area contributed by atoms with E-state index in [1.807, 2.05) is 12.1 Å². The van der Waals surface area contributed by atoms with Gasteiger partial charge in [0.05, 0.1) is 6.54 Å². The third-order valence-electron chi connectivity index (χ3n) is 12.2. The number of alkyl halides is 3. The Labute approximate surface area is 426 Å². The number of phenolic OH excluding ortho intramolecular Hbond substituents is 2. The number of likely N-dealkylation sites (N-methyl/N-ethyl adjacent to an activating group) is 1. The van der Waals surface area contributed by atoms with Gasteiger partial charge in [-0.15, -0.1) is 0 Å². The Hall–Kier alpha value is -7.62. The Balaban J connectivity index is 0.00000158.